The average Bonchev–Trinajstić information content (AvgIpc) is 2.95. The Labute approximate surface area is 232 Å². The van der Waals surface area contributed by atoms with Crippen LogP contribution in [0.1, 0.15) is 20.3 Å². The van der Waals surface area contributed by atoms with Crippen LogP contribution in [0.25, 0.3) is 22.3 Å². The summed E-state index contributed by atoms with van der Waals surface area (Å²) in [7, 11) is 1.14. The maximum absolute atomic E-state index is 13.0. The van der Waals surface area contributed by atoms with E-state index >= 15 is 0 Å². The summed E-state index contributed by atoms with van der Waals surface area (Å²) in [5.74, 6) is -4.87. The number of benzene rings is 2. The lowest BCUT2D eigenvalue weighted by Crippen LogP contribution is -2.60. The molecule has 2 aromatic carbocycles. The third kappa shape index (κ3) is 5.54. The molecular weight excluding hydrogens is 548 g/mol. The molecule has 1 aromatic heterocycles. The van der Waals surface area contributed by atoms with Gasteiger partial charge >= 0.3 is 5.97 Å². The van der Waals surface area contributed by atoms with E-state index in [1.54, 1.807) is 13.8 Å². The number of carbonyl (C=O) groups is 1. The number of phenols is 3. The topological polar surface area (TPSA) is 226 Å². The predicted octanol–water partition coefficient (Wildman–Crippen LogP) is 1.07. The van der Waals surface area contributed by atoms with Crippen molar-refractivity contribution in [3.8, 4) is 45.8 Å². The number of aromatic hydroxyl groups is 4. The van der Waals surface area contributed by atoms with Crippen molar-refractivity contribution in [1.29, 1.82) is 0 Å². The molecule has 222 valence electrons. The van der Waals surface area contributed by atoms with Crippen molar-refractivity contribution in [3.05, 3.63) is 34.5 Å². The number of ether oxygens (including phenoxy) is 4. The van der Waals surface area contributed by atoms with Gasteiger partial charge in [-0.15, -0.1) is 0 Å². The fourth-order valence-electron chi connectivity index (χ4n) is 4.18. The zero-order valence-corrected chi connectivity index (χ0v) is 22.2. The Bertz CT molecular complexity index is 1500. The van der Waals surface area contributed by atoms with Gasteiger partial charge in [0.25, 0.3) is 0 Å². The molecule has 1 aliphatic heterocycles. The van der Waals surface area contributed by atoms with Crippen LogP contribution in [0, 0.1) is 5.92 Å². The molecule has 14 heteroatoms. The van der Waals surface area contributed by atoms with Crippen LogP contribution >= 0.6 is 0 Å². The smallest absolute Gasteiger partial charge is 0.308 e. The number of carbonyl (C=O) groups excluding carboxylic acids is 1. The number of fused-ring (bicyclic) bond motifs is 1. The van der Waals surface area contributed by atoms with Crippen molar-refractivity contribution in [3.63, 3.8) is 0 Å². The summed E-state index contributed by atoms with van der Waals surface area (Å²) in [6.45, 7) is 2.97. The van der Waals surface area contributed by atoms with Gasteiger partial charge in [-0.2, -0.15) is 0 Å². The van der Waals surface area contributed by atoms with Gasteiger partial charge in [-0.05, 0) is 24.6 Å². The van der Waals surface area contributed by atoms with Crippen molar-refractivity contribution in [1.82, 2.24) is 0 Å². The number of aliphatic hydroxyl groups is 3. The van der Waals surface area contributed by atoms with Crippen molar-refractivity contribution in [2.24, 2.45) is 5.92 Å². The summed E-state index contributed by atoms with van der Waals surface area (Å²) >= 11 is 0. The van der Waals surface area contributed by atoms with E-state index in [4.69, 9.17) is 23.4 Å². The number of methoxy groups -OCH3 is 1. The highest BCUT2D eigenvalue weighted by molar-refractivity contribution is 5.91. The van der Waals surface area contributed by atoms with Crippen molar-refractivity contribution >= 4 is 16.9 Å². The van der Waals surface area contributed by atoms with Crippen molar-refractivity contribution in [2.75, 3.05) is 13.7 Å². The lowest BCUT2D eigenvalue weighted by molar-refractivity contribution is -0.279. The molecule has 1 fully saturated rings. The Morgan fingerprint density at radius 2 is 1.71 bits per heavy atom. The van der Waals surface area contributed by atoms with Gasteiger partial charge in [-0.25, -0.2) is 0 Å². The summed E-state index contributed by atoms with van der Waals surface area (Å²) in [6, 6.07) is 4.48. The largest absolute Gasteiger partial charge is 0.504 e. The molecule has 0 bridgehead atoms. The Morgan fingerprint density at radius 1 is 1.00 bits per heavy atom. The van der Waals surface area contributed by atoms with Crippen LogP contribution in [0.15, 0.2) is 33.5 Å². The number of aliphatic hydroxyl groups excluding tert-OH is 3. The van der Waals surface area contributed by atoms with Crippen LogP contribution in [-0.2, 0) is 14.3 Å². The third-order valence-corrected chi connectivity index (χ3v) is 6.81. The van der Waals surface area contributed by atoms with Gasteiger partial charge in [0.2, 0.25) is 23.2 Å². The number of phenolic OH excluding ortho intramolecular Hbond substituents is 3. The van der Waals surface area contributed by atoms with Gasteiger partial charge in [0.15, 0.2) is 28.8 Å². The molecule has 14 nitrogen and oxygen atoms in total. The molecule has 3 unspecified atom stereocenters. The SMILES string of the molecule is CCC(C)C(=O)OCC1O[C@@H](Oc2cc3oc(-c4ccc(O)c(O)c4)c(O)c(=O)c3c(O)c2OC)C(O)[C@@H](O)[C@@H]1O. The summed E-state index contributed by atoms with van der Waals surface area (Å²) in [5.41, 5.74) is -1.38. The molecule has 0 spiro atoms. The molecule has 3 aromatic rings. The summed E-state index contributed by atoms with van der Waals surface area (Å²) in [5, 5.41) is 71.6. The first kappa shape index (κ1) is 29.7. The number of esters is 1. The van der Waals surface area contributed by atoms with Crippen LogP contribution in [0.4, 0.5) is 0 Å². The number of rotatable bonds is 8. The molecule has 4 rings (SSSR count). The molecule has 7 N–H and O–H groups in total. The zero-order valence-electron chi connectivity index (χ0n) is 22.2. The van der Waals surface area contributed by atoms with E-state index in [0.29, 0.717) is 6.42 Å². The third-order valence-electron chi connectivity index (χ3n) is 6.81. The molecule has 1 aliphatic rings. The second kappa shape index (κ2) is 11.7. The minimum absolute atomic E-state index is 0.00695. The van der Waals surface area contributed by atoms with Gasteiger partial charge < -0.3 is 59.1 Å². The summed E-state index contributed by atoms with van der Waals surface area (Å²) < 4.78 is 27.3. The molecule has 0 aliphatic carbocycles. The Kier molecular flexibility index (Phi) is 8.49. The normalized spacial score (nSPS) is 23.2. The summed E-state index contributed by atoms with van der Waals surface area (Å²) in [4.78, 5) is 25.1. The minimum Gasteiger partial charge on any atom is -0.504 e. The van der Waals surface area contributed by atoms with E-state index in [2.05, 4.69) is 0 Å². The highest BCUT2D eigenvalue weighted by Gasteiger charge is 2.46. The quantitative estimate of drug-likeness (QED) is 0.147. The van der Waals surface area contributed by atoms with E-state index < -0.39 is 94.5 Å². The second-order valence-corrected chi connectivity index (χ2v) is 9.51. The van der Waals surface area contributed by atoms with Gasteiger partial charge in [-0.1, -0.05) is 13.8 Å². The van der Waals surface area contributed by atoms with Crippen molar-refractivity contribution in [2.45, 2.75) is 51.0 Å². The predicted molar refractivity (Wildman–Crippen MR) is 139 cm³/mol. The second-order valence-electron chi connectivity index (χ2n) is 9.51. The van der Waals surface area contributed by atoms with E-state index in [1.807, 2.05) is 0 Å². The van der Waals surface area contributed by atoms with Crippen LogP contribution in [0.2, 0.25) is 0 Å². The monoisotopic (exact) mass is 578 g/mol. The van der Waals surface area contributed by atoms with Crippen LogP contribution < -0.4 is 14.9 Å². The molecule has 0 radical (unpaired) electrons. The molecule has 2 heterocycles. The number of hydrogen-bond acceptors (Lipinski definition) is 14. The van der Waals surface area contributed by atoms with Gasteiger partial charge in [0.05, 0.1) is 13.0 Å². The fraction of sp³-hybridized carbons (Fsp3) is 0.407. The highest BCUT2D eigenvalue weighted by atomic mass is 16.7. The molecule has 0 saturated carbocycles. The van der Waals surface area contributed by atoms with Gasteiger partial charge in [0.1, 0.15) is 42.0 Å². The van der Waals surface area contributed by atoms with Crippen LogP contribution in [0.3, 0.4) is 0 Å². The molecule has 1 saturated heterocycles. The first-order valence-electron chi connectivity index (χ1n) is 12.5. The molecule has 41 heavy (non-hydrogen) atoms. The fourth-order valence-corrected chi connectivity index (χ4v) is 4.18. The van der Waals surface area contributed by atoms with Crippen molar-refractivity contribution < 1.29 is 63.9 Å². The zero-order chi connectivity index (χ0) is 30.2. The average molecular weight is 579 g/mol. The summed E-state index contributed by atoms with van der Waals surface area (Å²) in [6.07, 6.45) is -7.75. The minimum atomic E-state index is -1.82. The van der Waals surface area contributed by atoms with Crippen LogP contribution in [0.5, 0.6) is 34.5 Å². The van der Waals surface area contributed by atoms with Crippen LogP contribution in [-0.4, -0.2) is 86.1 Å². The highest BCUT2D eigenvalue weighted by Crippen LogP contribution is 2.45. The van der Waals surface area contributed by atoms with E-state index in [1.165, 1.54) is 6.07 Å². The first-order chi connectivity index (χ1) is 19.4. The van der Waals surface area contributed by atoms with Gasteiger partial charge in [-0.3, -0.25) is 9.59 Å². The Morgan fingerprint density at radius 3 is 2.34 bits per heavy atom. The lowest BCUT2D eigenvalue weighted by Gasteiger charge is -2.40. The molecular formula is C27H30O14. The van der Waals surface area contributed by atoms with E-state index in [0.717, 1.165) is 25.3 Å². The Balaban J connectivity index is 1.72. The van der Waals surface area contributed by atoms with E-state index in [9.17, 15) is 45.3 Å². The maximum Gasteiger partial charge on any atom is 0.308 e. The lowest BCUT2D eigenvalue weighted by atomic mass is 9.99. The van der Waals surface area contributed by atoms with E-state index in [-0.39, 0.29) is 16.9 Å². The van der Waals surface area contributed by atoms with Gasteiger partial charge in [0, 0.05) is 11.6 Å². The Hall–Kier alpha value is -4.24. The molecule has 6 atom stereocenters. The maximum atomic E-state index is 13.0. The molecule has 0 amide bonds. The standard InChI is InChI=1S/C27H30O14/c1-4-10(2)26(36)38-9-16-18(30)21(33)23(35)27(41-16)40-15-8-14-17(20(32)25(15)37-3)19(31)22(34)24(39-14)11-5-6-12(28)13(29)7-11/h5-8,10,16,18,21,23,27-30,32-35H,4,9H2,1-3H3/t10?,16?,18-,21+,23?,27-/m1/s1. The first-order valence-corrected chi connectivity index (χ1v) is 12.5. The number of hydrogen-bond donors (Lipinski definition) is 7.